The van der Waals surface area contributed by atoms with Crippen molar-refractivity contribution in [2.24, 2.45) is 5.73 Å². The largest absolute Gasteiger partial charge is 0.366 e. The highest BCUT2D eigenvalue weighted by Crippen LogP contribution is 2.42. The SMILES string of the molecule is CNC(=S)N1C2CCC1CC(n1cc(C(N)=O)c3ccccc31)C2. The number of fused-ring (bicyclic) bond motifs is 3. The van der Waals surface area contributed by atoms with Gasteiger partial charge < -0.3 is 20.5 Å². The summed E-state index contributed by atoms with van der Waals surface area (Å²) in [4.78, 5) is 14.2. The monoisotopic (exact) mass is 342 g/mol. The van der Waals surface area contributed by atoms with E-state index in [1.165, 1.54) is 12.8 Å². The van der Waals surface area contributed by atoms with E-state index in [0.717, 1.165) is 28.9 Å². The van der Waals surface area contributed by atoms with Gasteiger partial charge in [-0.05, 0) is 44.0 Å². The van der Waals surface area contributed by atoms with E-state index in [1.54, 1.807) is 0 Å². The van der Waals surface area contributed by atoms with Crippen LogP contribution in [0.1, 0.15) is 42.1 Å². The fourth-order valence-electron chi connectivity index (χ4n) is 4.54. The maximum atomic E-state index is 11.8. The summed E-state index contributed by atoms with van der Waals surface area (Å²) in [5, 5.41) is 4.94. The molecular formula is C18H22N4OS. The summed E-state index contributed by atoms with van der Waals surface area (Å²) >= 11 is 5.49. The molecule has 0 radical (unpaired) electrons. The molecule has 2 atom stereocenters. The number of hydrogen-bond donors (Lipinski definition) is 2. The fourth-order valence-corrected chi connectivity index (χ4v) is 4.84. The van der Waals surface area contributed by atoms with Gasteiger partial charge in [0.1, 0.15) is 0 Å². The van der Waals surface area contributed by atoms with E-state index in [2.05, 4.69) is 20.9 Å². The van der Waals surface area contributed by atoms with Gasteiger partial charge in [0.15, 0.2) is 5.11 Å². The summed E-state index contributed by atoms with van der Waals surface area (Å²) in [5.74, 6) is -0.360. The molecule has 3 heterocycles. The molecule has 2 unspecified atom stereocenters. The first-order valence-electron chi connectivity index (χ1n) is 8.49. The van der Waals surface area contributed by atoms with Gasteiger partial charge in [0.2, 0.25) is 0 Å². The number of carbonyl (C=O) groups excluding carboxylic acids is 1. The highest BCUT2D eigenvalue weighted by Gasteiger charge is 2.42. The van der Waals surface area contributed by atoms with Gasteiger partial charge in [0.25, 0.3) is 5.91 Å². The maximum absolute atomic E-state index is 11.8. The predicted octanol–water partition coefficient (Wildman–Crippen LogP) is 2.41. The molecule has 1 aromatic heterocycles. The molecule has 2 aliphatic rings. The summed E-state index contributed by atoms with van der Waals surface area (Å²) < 4.78 is 2.26. The van der Waals surface area contributed by atoms with Crippen molar-refractivity contribution in [1.82, 2.24) is 14.8 Å². The Kier molecular flexibility index (Phi) is 3.72. The molecule has 2 saturated heterocycles. The number of hydrogen-bond acceptors (Lipinski definition) is 2. The molecule has 0 saturated carbocycles. The summed E-state index contributed by atoms with van der Waals surface area (Å²) in [5.41, 5.74) is 7.30. The molecule has 1 amide bonds. The van der Waals surface area contributed by atoms with Crippen molar-refractivity contribution >= 4 is 34.1 Å². The summed E-state index contributed by atoms with van der Waals surface area (Å²) in [6, 6.07) is 9.37. The average molecular weight is 342 g/mol. The van der Waals surface area contributed by atoms with Crippen molar-refractivity contribution in [1.29, 1.82) is 0 Å². The Balaban J connectivity index is 1.70. The molecule has 2 aromatic rings. The van der Waals surface area contributed by atoms with Crippen molar-refractivity contribution in [3.63, 3.8) is 0 Å². The van der Waals surface area contributed by atoms with Crippen LogP contribution < -0.4 is 11.1 Å². The molecule has 1 aromatic carbocycles. The Hall–Kier alpha value is -2.08. The Morgan fingerprint density at radius 1 is 1.21 bits per heavy atom. The molecule has 2 aliphatic heterocycles. The second-order valence-electron chi connectivity index (χ2n) is 6.80. The lowest BCUT2D eigenvalue weighted by atomic mass is 9.97. The topological polar surface area (TPSA) is 63.3 Å². The molecular weight excluding hydrogens is 320 g/mol. The fraction of sp³-hybridized carbons (Fsp3) is 0.444. The van der Waals surface area contributed by atoms with Gasteiger partial charge in [-0.2, -0.15) is 0 Å². The van der Waals surface area contributed by atoms with Crippen LogP contribution in [0.2, 0.25) is 0 Å². The number of nitrogens with zero attached hydrogens (tertiary/aromatic N) is 2. The van der Waals surface area contributed by atoms with Crippen molar-refractivity contribution < 1.29 is 4.79 Å². The number of nitrogens with two attached hydrogens (primary N) is 1. The van der Waals surface area contributed by atoms with Crippen LogP contribution in [-0.2, 0) is 0 Å². The Labute approximate surface area is 146 Å². The van der Waals surface area contributed by atoms with E-state index in [0.29, 0.717) is 23.7 Å². The number of aromatic nitrogens is 1. The van der Waals surface area contributed by atoms with Crippen molar-refractivity contribution in [2.75, 3.05) is 7.05 Å². The number of para-hydroxylation sites is 1. The highest BCUT2D eigenvalue weighted by atomic mass is 32.1. The predicted molar refractivity (Wildman–Crippen MR) is 99.0 cm³/mol. The van der Waals surface area contributed by atoms with Gasteiger partial charge in [0, 0.05) is 42.3 Å². The third kappa shape index (κ3) is 2.28. The summed E-state index contributed by atoms with van der Waals surface area (Å²) in [7, 11) is 1.90. The highest BCUT2D eigenvalue weighted by molar-refractivity contribution is 7.80. The van der Waals surface area contributed by atoms with E-state index in [-0.39, 0.29) is 5.91 Å². The summed E-state index contributed by atoms with van der Waals surface area (Å²) in [6.07, 6.45) is 6.42. The minimum atomic E-state index is -0.360. The van der Waals surface area contributed by atoms with E-state index >= 15 is 0 Å². The lowest BCUT2D eigenvalue weighted by Crippen LogP contribution is -2.50. The third-order valence-electron chi connectivity index (χ3n) is 5.56. The van der Waals surface area contributed by atoms with E-state index in [9.17, 15) is 4.79 Å². The van der Waals surface area contributed by atoms with E-state index < -0.39 is 0 Å². The molecule has 2 fully saturated rings. The van der Waals surface area contributed by atoms with Crippen LogP contribution in [0.25, 0.3) is 10.9 Å². The van der Waals surface area contributed by atoms with Gasteiger partial charge in [-0.3, -0.25) is 4.79 Å². The van der Waals surface area contributed by atoms with E-state index in [4.69, 9.17) is 18.0 Å². The first-order valence-corrected chi connectivity index (χ1v) is 8.90. The number of amides is 1. The number of primary amides is 1. The lowest BCUT2D eigenvalue weighted by molar-refractivity contribution is 0.100. The molecule has 3 N–H and O–H groups in total. The summed E-state index contributed by atoms with van der Waals surface area (Å²) in [6.45, 7) is 0. The van der Waals surface area contributed by atoms with Gasteiger partial charge >= 0.3 is 0 Å². The number of benzene rings is 1. The molecule has 24 heavy (non-hydrogen) atoms. The van der Waals surface area contributed by atoms with Crippen LogP contribution in [0, 0.1) is 0 Å². The molecule has 0 spiro atoms. The maximum Gasteiger partial charge on any atom is 0.250 e. The number of rotatable bonds is 2. The second-order valence-corrected chi connectivity index (χ2v) is 7.19. The lowest BCUT2D eigenvalue weighted by Gasteiger charge is -2.41. The Morgan fingerprint density at radius 2 is 1.88 bits per heavy atom. The standard InChI is InChI=1S/C18H22N4OS/c1-20-18(24)22-11-6-7-12(22)9-13(8-11)21-10-15(17(19)23)14-4-2-3-5-16(14)21/h2-5,10-13H,6-9H2,1H3,(H2,19,23)(H,20,24). The van der Waals surface area contributed by atoms with Crippen LogP contribution in [0.5, 0.6) is 0 Å². The number of nitrogens with one attached hydrogen (secondary N) is 1. The molecule has 0 aliphatic carbocycles. The first kappa shape index (κ1) is 15.4. The molecule has 4 rings (SSSR count). The van der Waals surface area contributed by atoms with Gasteiger partial charge in [0.05, 0.1) is 5.56 Å². The van der Waals surface area contributed by atoms with Crippen LogP contribution in [0.15, 0.2) is 30.5 Å². The number of piperidine rings is 1. The number of thiocarbonyl (C=S) groups is 1. The smallest absolute Gasteiger partial charge is 0.250 e. The first-order chi connectivity index (χ1) is 11.6. The zero-order chi connectivity index (χ0) is 16.8. The van der Waals surface area contributed by atoms with E-state index in [1.807, 2.05) is 31.4 Å². The molecule has 2 bridgehead atoms. The zero-order valence-corrected chi connectivity index (χ0v) is 14.6. The van der Waals surface area contributed by atoms with Crippen molar-refractivity contribution in [2.45, 2.75) is 43.8 Å². The van der Waals surface area contributed by atoms with Crippen LogP contribution in [0.3, 0.4) is 0 Å². The molecule has 126 valence electrons. The molecule has 6 heteroatoms. The average Bonchev–Trinajstić information content (AvgIpc) is 3.10. The Bertz CT molecular complexity index is 800. The zero-order valence-electron chi connectivity index (χ0n) is 13.7. The van der Waals surface area contributed by atoms with Gasteiger partial charge in [-0.25, -0.2) is 0 Å². The number of carbonyl (C=O) groups is 1. The Morgan fingerprint density at radius 3 is 2.50 bits per heavy atom. The minimum Gasteiger partial charge on any atom is -0.366 e. The normalized spacial score (nSPS) is 25.9. The molecule has 5 nitrogen and oxygen atoms in total. The quantitative estimate of drug-likeness (QED) is 0.823. The van der Waals surface area contributed by atoms with Crippen molar-refractivity contribution in [3.05, 3.63) is 36.0 Å². The van der Waals surface area contributed by atoms with Crippen molar-refractivity contribution in [3.8, 4) is 0 Å². The van der Waals surface area contributed by atoms with Crippen LogP contribution in [-0.4, -0.2) is 39.6 Å². The van der Waals surface area contributed by atoms with Gasteiger partial charge in [-0.1, -0.05) is 18.2 Å². The minimum absolute atomic E-state index is 0.360. The van der Waals surface area contributed by atoms with Crippen LogP contribution >= 0.6 is 12.2 Å². The second kappa shape index (κ2) is 5.77. The third-order valence-corrected chi connectivity index (χ3v) is 5.97. The van der Waals surface area contributed by atoms with Gasteiger partial charge in [-0.15, -0.1) is 0 Å². The van der Waals surface area contributed by atoms with Crippen LogP contribution in [0.4, 0.5) is 0 Å².